The van der Waals surface area contributed by atoms with Crippen molar-refractivity contribution in [3.8, 4) is 28.7 Å². The maximum Gasteiger partial charge on any atom is 0.238 e. The van der Waals surface area contributed by atoms with Gasteiger partial charge in [-0.2, -0.15) is 9.97 Å². The van der Waals surface area contributed by atoms with Gasteiger partial charge in [-0.15, -0.1) is 0 Å². The Kier molecular flexibility index (Phi) is 9.64. The molecule has 6 aromatic rings. The molecule has 290 valence electrons. The summed E-state index contributed by atoms with van der Waals surface area (Å²) < 4.78 is 2.32. The first-order valence-electron chi connectivity index (χ1n) is 20.2. The zero-order valence-electron chi connectivity index (χ0n) is 37.2. The number of hydrogen-bond donors (Lipinski definition) is 0. The highest BCUT2D eigenvalue weighted by molar-refractivity contribution is 6.10. The molecule has 2 heterocycles. The van der Waals surface area contributed by atoms with E-state index in [0.717, 1.165) is 22.2 Å². The van der Waals surface area contributed by atoms with E-state index in [1.807, 2.05) is 0 Å². The summed E-state index contributed by atoms with van der Waals surface area (Å²) >= 11 is 0. The average molecular weight is 735 g/mol. The summed E-state index contributed by atoms with van der Waals surface area (Å²) in [4.78, 5) is 16.4. The summed E-state index contributed by atoms with van der Waals surface area (Å²) in [6, 6.07) is 27.5. The maximum absolute atomic E-state index is 5.50. The van der Waals surface area contributed by atoms with Crippen molar-refractivity contribution in [3.63, 3.8) is 0 Å². The van der Waals surface area contributed by atoms with Crippen LogP contribution in [-0.2, 0) is 32.5 Å². The van der Waals surface area contributed by atoms with Crippen LogP contribution in [0.3, 0.4) is 0 Å². The molecule has 55 heavy (non-hydrogen) atoms. The highest BCUT2D eigenvalue weighted by atomic mass is 15.2. The van der Waals surface area contributed by atoms with Crippen molar-refractivity contribution in [2.75, 3.05) is 0 Å². The average Bonchev–Trinajstić information content (AvgIpc) is 3.39. The van der Waals surface area contributed by atoms with E-state index in [2.05, 4.69) is 202 Å². The first-order chi connectivity index (χ1) is 25.0. The highest BCUT2D eigenvalue weighted by Crippen LogP contribution is 2.42. The topological polar surface area (TPSA) is 43.6 Å². The van der Waals surface area contributed by atoms with Crippen LogP contribution in [-0.4, -0.2) is 19.5 Å². The first-order valence-corrected chi connectivity index (χ1v) is 20.2. The predicted octanol–water partition coefficient (Wildman–Crippen LogP) is 14.1. The largest absolute Gasteiger partial charge is 0.277 e. The Morgan fingerprint density at radius 1 is 0.382 bits per heavy atom. The summed E-state index contributed by atoms with van der Waals surface area (Å²) in [6.07, 6.45) is 0. The molecule has 4 aromatic carbocycles. The van der Waals surface area contributed by atoms with Crippen molar-refractivity contribution in [2.45, 2.75) is 157 Å². The van der Waals surface area contributed by atoms with E-state index in [9.17, 15) is 0 Å². The van der Waals surface area contributed by atoms with E-state index in [1.54, 1.807) is 0 Å². The van der Waals surface area contributed by atoms with Crippen LogP contribution in [0.5, 0.6) is 0 Å². The monoisotopic (exact) mass is 735 g/mol. The van der Waals surface area contributed by atoms with Crippen LogP contribution in [0.4, 0.5) is 0 Å². The third kappa shape index (κ3) is 8.02. The quantitative estimate of drug-likeness (QED) is 0.182. The molecule has 0 aliphatic carbocycles. The molecule has 0 unspecified atom stereocenters. The molecule has 0 aliphatic heterocycles. The van der Waals surface area contributed by atoms with Gasteiger partial charge in [0, 0.05) is 21.9 Å². The van der Waals surface area contributed by atoms with E-state index in [1.165, 1.54) is 44.2 Å². The first kappa shape index (κ1) is 40.4. The Labute approximate surface area is 332 Å². The van der Waals surface area contributed by atoms with Gasteiger partial charge in [0.25, 0.3) is 0 Å². The van der Waals surface area contributed by atoms with E-state index >= 15 is 0 Å². The maximum atomic E-state index is 5.50. The molecule has 0 amide bonds. The van der Waals surface area contributed by atoms with E-state index in [0.29, 0.717) is 17.6 Å². The van der Waals surface area contributed by atoms with Crippen molar-refractivity contribution in [1.29, 1.82) is 0 Å². The summed E-state index contributed by atoms with van der Waals surface area (Å²) in [7, 11) is 0. The van der Waals surface area contributed by atoms with Gasteiger partial charge in [-0.05, 0) is 102 Å². The molecule has 0 aliphatic rings. The zero-order chi connectivity index (χ0) is 40.8. The molecular formula is C51H66N4. The molecular weight excluding hydrogens is 669 g/mol. The molecule has 0 bridgehead atoms. The lowest BCUT2D eigenvalue weighted by atomic mass is 9.79. The molecule has 0 radical (unpaired) electrons. The summed E-state index contributed by atoms with van der Waals surface area (Å²) in [5.74, 6) is 2.01. The molecule has 0 fully saturated rings. The lowest BCUT2D eigenvalue weighted by molar-refractivity contribution is 0.568. The van der Waals surface area contributed by atoms with Crippen LogP contribution in [0.15, 0.2) is 72.8 Å². The van der Waals surface area contributed by atoms with Gasteiger partial charge < -0.3 is 0 Å². The van der Waals surface area contributed by atoms with Gasteiger partial charge in [0.15, 0.2) is 11.6 Å². The second-order valence-electron chi connectivity index (χ2n) is 22.2. The summed E-state index contributed by atoms with van der Waals surface area (Å²) in [5, 5.41) is 2.43. The Morgan fingerprint density at radius 3 is 1.15 bits per heavy atom. The number of benzene rings is 4. The normalized spacial score (nSPS) is 13.6. The second-order valence-corrected chi connectivity index (χ2v) is 22.2. The van der Waals surface area contributed by atoms with Gasteiger partial charge in [0.05, 0.1) is 11.0 Å². The minimum Gasteiger partial charge on any atom is -0.277 e. The van der Waals surface area contributed by atoms with Crippen molar-refractivity contribution in [3.05, 3.63) is 106 Å². The lowest BCUT2D eigenvalue weighted by Crippen LogP contribution is -2.18. The number of hydrogen-bond acceptors (Lipinski definition) is 3. The lowest BCUT2D eigenvalue weighted by Gasteiger charge is -2.27. The van der Waals surface area contributed by atoms with Gasteiger partial charge >= 0.3 is 0 Å². The third-order valence-corrected chi connectivity index (χ3v) is 11.1. The van der Waals surface area contributed by atoms with Crippen molar-refractivity contribution in [2.24, 2.45) is 0 Å². The van der Waals surface area contributed by atoms with Crippen molar-refractivity contribution >= 4 is 21.8 Å². The minimum atomic E-state index is -0.143. The van der Waals surface area contributed by atoms with Crippen LogP contribution >= 0.6 is 0 Å². The van der Waals surface area contributed by atoms with Gasteiger partial charge in [0.2, 0.25) is 5.95 Å². The van der Waals surface area contributed by atoms with Crippen LogP contribution in [0.1, 0.15) is 158 Å². The number of para-hydroxylation sites is 1. The highest BCUT2D eigenvalue weighted by Gasteiger charge is 2.29. The van der Waals surface area contributed by atoms with Crippen molar-refractivity contribution < 1.29 is 0 Å². The van der Waals surface area contributed by atoms with Crippen LogP contribution in [0.2, 0.25) is 0 Å². The molecule has 2 aromatic heterocycles. The van der Waals surface area contributed by atoms with E-state index < -0.39 is 0 Å². The zero-order valence-corrected chi connectivity index (χ0v) is 37.2. The summed E-state index contributed by atoms with van der Waals surface area (Å²) in [6.45, 7) is 41.3. The Balaban J connectivity index is 1.81. The fraction of sp³-hybridized carbons (Fsp3) is 0.471. The number of aromatic nitrogens is 4. The molecule has 0 atom stereocenters. The van der Waals surface area contributed by atoms with Crippen molar-refractivity contribution in [1.82, 2.24) is 19.5 Å². The van der Waals surface area contributed by atoms with Gasteiger partial charge in [-0.3, -0.25) is 4.57 Å². The SMILES string of the molecule is CC(C)(C)c1cc(-c2nc(-c3cc(C(C)(C)C)cc(C(C)(C)C)c3)nc(-n3c4ccccc4c4cc(C(C)(C)C)cc(C(C)(C)C)c43)n2)cc(C(C)(C)C)c1. The second kappa shape index (κ2) is 13.1. The third-order valence-electron chi connectivity index (χ3n) is 11.1. The van der Waals surface area contributed by atoms with Gasteiger partial charge in [-0.25, -0.2) is 4.98 Å². The van der Waals surface area contributed by atoms with Gasteiger partial charge in [0.1, 0.15) is 0 Å². The number of rotatable bonds is 3. The molecule has 0 saturated heterocycles. The standard InChI is InChI=1S/C51H66N4/c1-46(2,3)33-23-31(24-34(27-33)47(4,5)6)43-52-44(32-25-35(48(7,8)9)28-36(26-32)49(10,11)12)54-45(53-43)55-41-22-20-19-21-38(41)39-29-37(50(13,14)15)30-40(42(39)55)51(16,17)18/h19-30H,1-18H3. The van der Waals surface area contributed by atoms with E-state index in [4.69, 9.17) is 15.0 Å². The number of fused-ring (bicyclic) bond motifs is 3. The van der Waals surface area contributed by atoms with E-state index in [-0.39, 0.29) is 32.5 Å². The smallest absolute Gasteiger partial charge is 0.238 e. The molecule has 0 spiro atoms. The Bertz CT molecular complexity index is 2260. The minimum absolute atomic E-state index is 0.0173. The molecule has 6 rings (SSSR count). The van der Waals surface area contributed by atoms with Crippen LogP contribution in [0.25, 0.3) is 50.5 Å². The molecule has 0 saturated carbocycles. The summed E-state index contributed by atoms with van der Waals surface area (Å²) in [5.41, 5.74) is 11.6. The van der Waals surface area contributed by atoms with Gasteiger partial charge in [-0.1, -0.05) is 161 Å². The van der Waals surface area contributed by atoms with Crippen LogP contribution in [0, 0.1) is 0 Å². The molecule has 4 heteroatoms. The molecule has 4 nitrogen and oxygen atoms in total. The predicted molar refractivity (Wildman–Crippen MR) is 237 cm³/mol. The Morgan fingerprint density at radius 2 is 0.764 bits per heavy atom. The molecule has 0 N–H and O–H groups in total. The fourth-order valence-electron chi connectivity index (χ4n) is 7.28. The fourth-order valence-corrected chi connectivity index (χ4v) is 7.28. The number of nitrogens with zero attached hydrogens (tertiary/aromatic N) is 4. The van der Waals surface area contributed by atoms with Crippen LogP contribution < -0.4 is 0 Å². The Hall–Kier alpha value is -4.31.